The molecule has 0 unspecified atom stereocenters. The number of carbonyl (C=O) groups is 2. The smallest absolute Gasteiger partial charge is 0.404 e. The minimum atomic E-state index is -0.898. The highest BCUT2D eigenvalue weighted by Gasteiger charge is 2.04. The van der Waals surface area contributed by atoms with E-state index in [2.05, 4.69) is 15.0 Å². The molecule has 0 aliphatic carbocycles. The number of primary amides is 1. The van der Waals surface area contributed by atoms with Gasteiger partial charge < -0.3 is 20.8 Å². The molecule has 1 rings (SSSR count). The van der Waals surface area contributed by atoms with Gasteiger partial charge >= 0.3 is 6.09 Å². The molecule has 0 saturated carbocycles. The second-order valence-corrected chi connectivity index (χ2v) is 2.86. The number of nitrogens with two attached hydrogens (primary N) is 1. The molecule has 4 N–H and O–H groups in total. The van der Waals surface area contributed by atoms with Crippen LogP contribution >= 0.6 is 0 Å². The van der Waals surface area contributed by atoms with Crippen LogP contribution in [0.15, 0.2) is 23.1 Å². The van der Waals surface area contributed by atoms with Crippen LogP contribution in [0.4, 0.5) is 4.79 Å². The molecule has 0 saturated heterocycles. The van der Waals surface area contributed by atoms with Gasteiger partial charge in [0, 0.05) is 17.8 Å². The van der Waals surface area contributed by atoms with Crippen molar-refractivity contribution in [3.63, 3.8) is 0 Å². The van der Waals surface area contributed by atoms with Gasteiger partial charge in [-0.05, 0) is 6.07 Å². The number of aromatic nitrogens is 1. The predicted octanol–water partition coefficient (Wildman–Crippen LogP) is -0.800. The first-order valence-electron chi connectivity index (χ1n) is 4.49. The van der Waals surface area contributed by atoms with Gasteiger partial charge in [0.1, 0.15) is 6.61 Å². The predicted molar refractivity (Wildman–Crippen MR) is 54.9 cm³/mol. The lowest BCUT2D eigenvalue weighted by Crippen LogP contribution is -2.29. The third-order valence-corrected chi connectivity index (χ3v) is 1.67. The molecule has 0 spiro atoms. The van der Waals surface area contributed by atoms with Gasteiger partial charge in [-0.15, -0.1) is 0 Å². The molecule has 16 heavy (non-hydrogen) atoms. The van der Waals surface area contributed by atoms with Gasteiger partial charge in [-0.2, -0.15) is 0 Å². The van der Waals surface area contributed by atoms with Crippen molar-refractivity contribution >= 4 is 12.0 Å². The van der Waals surface area contributed by atoms with Crippen LogP contribution in [-0.4, -0.2) is 30.1 Å². The van der Waals surface area contributed by atoms with Crippen LogP contribution in [0.2, 0.25) is 0 Å². The maximum atomic E-state index is 11.4. The van der Waals surface area contributed by atoms with Gasteiger partial charge in [0.2, 0.25) is 5.56 Å². The largest absolute Gasteiger partial charge is 0.448 e. The molecule has 1 aromatic heterocycles. The fraction of sp³-hybridized carbons (Fsp3) is 0.222. The number of amides is 2. The van der Waals surface area contributed by atoms with Crippen LogP contribution in [0.25, 0.3) is 0 Å². The molecular formula is C9H11N3O4. The third kappa shape index (κ3) is 3.82. The van der Waals surface area contributed by atoms with E-state index in [1.807, 2.05) is 0 Å². The van der Waals surface area contributed by atoms with Crippen LogP contribution in [0.1, 0.15) is 10.4 Å². The summed E-state index contributed by atoms with van der Waals surface area (Å²) in [6.07, 6.45) is 0.474. The average Bonchev–Trinajstić information content (AvgIpc) is 2.24. The number of aromatic amines is 1. The lowest BCUT2D eigenvalue weighted by atomic mass is 10.2. The highest BCUT2D eigenvalue weighted by Crippen LogP contribution is 1.91. The fourth-order valence-corrected chi connectivity index (χ4v) is 1.00. The van der Waals surface area contributed by atoms with Crippen LogP contribution in [-0.2, 0) is 4.74 Å². The molecule has 7 nitrogen and oxygen atoms in total. The Balaban J connectivity index is 2.41. The fourth-order valence-electron chi connectivity index (χ4n) is 1.00. The van der Waals surface area contributed by atoms with Crippen molar-refractivity contribution in [3.8, 4) is 0 Å². The Hall–Kier alpha value is -2.31. The Labute approximate surface area is 90.6 Å². The van der Waals surface area contributed by atoms with Crippen LogP contribution in [0, 0.1) is 0 Å². The summed E-state index contributed by atoms with van der Waals surface area (Å²) in [7, 11) is 0. The summed E-state index contributed by atoms with van der Waals surface area (Å²) in [5.74, 6) is -0.417. The van der Waals surface area contributed by atoms with Gasteiger partial charge in [-0.3, -0.25) is 9.59 Å². The molecule has 0 atom stereocenters. The second kappa shape index (κ2) is 5.54. The third-order valence-electron chi connectivity index (χ3n) is 1.67. The van der Waals surface area contributed by atoms with E-state index in [0.717, 1.165) is 0 Å². The molecule has 1 heterocycles. The van der Waals surface area contributed by atoms with E-state index < -0.39 is 12.0 Å². The summed E-state index contributed by atoms with van der Waals surface area (Å²) in [6, 6.07) is 2.63. The molecule has 0 aromatic carbocycles. The second-order valence-electron chi connectivity index (χ2n) is 2.86. The van der Waals surface area contributed by atoms with Crippen LogP contribution < -0.4 is 16.6 Å². The minimum absolute atomic E-state index is 0.00966. The quantitative estimate of drug-likeness (QED) is 0.582. The number of pyridine rings is 1. The summed E-state index contributed by atoms with van der Waals surface area (Å²) >= 11 is 0. The van der Waals surface area contributed by atoms with Crippen molar-refractivity contribution in [1.29, 1.82) is 0 Å². The van der Waals surface area contributed by atoms with Gasteiger partial charge in [0.15, 0.2) is 0 Å². The average molecular weight is 225 g/mol. The summed E-state index contributed by atoms with van der Waals surface area (Å²) in [5, 5.41) is 2.46. The molecule has 7 heteroatoms. The first-order valence-corrected chi connectivity index (χ1v) is 4.49. The molecule has 0 aliphatic heterocycles. The number of nitrogens with one attached hydrogen (secondary N) is 2. The topological polar surface area (TPSA) is 114 Å². The Morgan fingerprint density at radius 1 is 1.50 bits per heavy atom. The van der Waals surface area contributed by atoms with Crippen LogP contribution in [0.3, 0.4) is 0 Å². The standard InChI is InChI=1S/C9H11N3O4/c10-9(15)16-4-3-12-8(14)6-1-2-11-7(13)5-6/h1-2,5H,3-4H2,(H2,10,15)(H,11,13)(H,12,14). The molecule has 0 aliphatic rings. The maximum Gasteiger partial charge on any atom is 0.404 e. The zero-order valence-electron chi connectivity index (χ0n) is 8.36. The number of rotatable bonds is 4. The molecule has 86 valence electrons. The number of H-pyrrole nitrogens is 1. The highest BCUT2D eigenvalue weighted by molar-refractivity contribution is 5.93. The normalized spacial score (nSPS) is 9.50. The van der Waals surface area contributed by atoms with Gasteiger partial charge in [-0.25, -0.2) is 4.79 Å². The summed E-state index contributed by atoms with van der Waals surface area (Å²) in [5.41, 5.74) is 4.60. The molecule has 0 fully saturated rings. The van der Waals surface area contributed by atoms with E-state index in [9.17, 15) is 14.4 Å². The van der Waals surface area contributed by atoms with E-state index in [1.54, 1.807) is 0 Å². The van der Waals surface area contributed by atoms with E-state index in [0.29, 0.717) is 0 Å². The molecular weight excluding hydrogens is 214 g/mol. The highest BCUT2D eigenvalue weighted by atomic mass is 16.5. The lowest BCUT2D eigenvalue weighted by Gasteiger charge is -2.04. The zero-order valence-corrected chi connectivity index (χ0v) is 8.36. The van der Waals surface area contributed by atoms with Crippen molar-refractivity contribution in [1.82, 2.24) is 10.3 Å². The lowest BCUT2D eigenvalue weighted by molar-refractivity contribution is 0.0936. The van der Waals surface area contributed by atoms with E-state index in [-0.39, 0.29) is 24.3 Å². The van der Waals surface area contributed by atoms with Gasteiger partial charge in [0.05, 0.1) is 6.54 Å². The van der Waals surface area contributed by atoms with Crippen LogP contribution in [0.5, 0.6) is 0 Å². The van der Waals surface area contributed by atoms with Crippen molar-refractivity contribution in [2.75, 3.05) is 13.2 Å². The summed E-state index contributed by atoms with van der Waals surface area (Å²) in [6.45, 7) is 0.124. The number of ether oxygens (including phenoxy) is 1. The maximum absolute atomic E-state index is 11.4. The van der Waals surface area contributed by atoms with Gasteiger partial charge in [0.25, 0.3) is 5.91 Å². The molecule has 0 radical (unpaired) electrons. The Bertz CT molecular complexity index is 440. The number of hydrogen-bond acceptors (Lipinski definition) is 4. The van der Waals surface area contributed by atoms with E-state index in [4.69, 9.17) is 5.73 Å². The number of carbonyl (C=O) groups excluding carboxylic acids is 2. The van der Waals surface area contributed by atoms with Crippen molar-refractivity contribution in [2.24, 2.45) is 5.73 Å². The van der Waals surface area contributed by atoms with Gasteiger partial charge in [-0.1, -0.05) is 0 Å². The van der Waals surface area contributed by atoms with Crippen molar-refractivity contribution in [3.05, 3.63) is 34.2 Å². The Kier molecular flexibility index (Phi) is 4.07. The molecule has 2 amide bonds. The van der Waals surface area contributed by atoms with Crippen molar-refractivity contribution in [2.45, 2.75) is 0 Å². The SMILES string of the molecule is NC(=O)OCCNC(=O)c1cc[nH]c(=O)c1. The summed E-state index contributed by atoms with van der Waals surface area (Å²) < 4.78 is 4.41. The monoisotopic (exact) mass is 225 g/mol. The first-order chi connectivity index (χ1) is 7.59. The zero-order chi connectivity index (χ0) is 12.0. The first kappa shape index (κ1) is 11.8. The molecule has 1 aromatic rings. The summed E-state index contributed by atoms with van der Waals surface area (Å²) in [4.78, 5) is 34.9. The Morgan fingerprint density at radius 2 is 2.25 bits per heavy atom. The van der Waals surface area contributed by atoms with E-state index in [1.165, 1.54) is 18.3 Å². The van der Waals surface area contributed by atoms with Crippen molar-refractivity contribution < 1.29 is 14.3 Å². The van der Waals surface area contributed by atoms with E-state index >= 15 is 0 Å². The minimum Gasteiger partial charge on any atom is -0.448 e. The molecule has 0 bridgehead atoms. The Morgan fingerprint density at radius 3 is 2.88 bits per heavy atom. The number of hydrogen-bond donors (Lipinski definition) is 3.